The molecular weight excluding hydrogens is 508 g/mol. The van der Waals surface area contributed by atoms with E-state index in [2.05, 4.69) is 5.32 Å². The molecule has 1 aromatic carbocycles. The second-order valence-corrected chi connectivity index (χ2v) is 11.1. The summed E-state index contributed by atoms with van der Waals surface area (Å²) < 4.78 is 0. The summed E-state index contributed by atoms with van der Waals surface area (Å²) in [7, 11) is 6.53. The van der Waals surface area contributed by atoms with Gasteiger partial charge in [-0.25, -0.2) is 0 Å². The summed E-state index contributed by atoms with van der Waals surface area (Å²) in [5.41, 5.74) is 3.39. The molecule has 0 bridgehead atoms. The number of likely N-dealkylation sites (N-methyl/N-ethyl adjacent to an activating group) is 1. The molecule has 3 aliphatic rings. The van der Waals surface area contributed by atoms with E-state index in [1.807, 2.05) is 6.92 Å². The minimum absolute atomic E-state index is 0.00310. The minimum atomic E-state index is -2.79. The van der Waals surface area contributed by atoms with Crippen LogP contribution in [-0.2, 0) is 30.4 Å². The molecule has 1 aromatic rings. The summed E-state index contributed by atoms with van der Waals surface area (Å²) in [5, 5.41) is 25.4. The first-order chi connectivity index (χ1) is 18.2. The minimum Gasteiger partial charge on any atom is -0.505 e. The predicted molar refractivity (Wildman–Crippen MR) is 139 cm³/mol. The van der Waals surface area contributed by atoms with Crippen molar-refractivity contribution < 1.29 is 39.0 Å². The fourth-order valence-corrected chi connectivity index (χ4v) is 6.59. The Kier molecular flexibility index (Phi) is 7.15. The highest BCUT2D eigenvalue weighted by Gasteiger charge is 2.69. The summed E-state index contributed by atoms with van der Waals surface area (Å²) in [6.07, 6.45) is 0.850. The van der Waals surface area contributed by atoms with Gasteiger partial charge < -0.3 is 26.2 Å². The highest BCUT2D eigenvalue weighted by Crippen LogP contribution is 2.52. The molecule has 2 fully saturated rings. The molecule has 6 atom stereocenters. The van der Waals surface area contributed by atoms with E-state index in [0.717, 1.165) is 0 Å². The number of carbonyl (C=O) groups is 6. The maximum atomic E-state index is 13.9. The molecule has 0 aliphatic heterocycles. The van der Waals surface area contributed by atoms with Crippen molar-refractivity contribution in [1.29, 1.82) is 0 Å². The van der Waals surface area contributed by atoms with Gasteiger partial charge in [0.05, 0.1) is 23.2 Å². The number of nitrogens with zero attached hydrogens (tertiary/aromatic N) is 2. The van der Waals surface area contributed by atoms with Gasteiger partial charge in [-0.1, -0.05) is 6.92 Å². The first kappa shape index (κ1) is 28.4. The van der Waals surface area contributed by atoms with Gasteiger partial charge in [0.2, 0.25) is 11.8 Å². The number of aromatic hydroxyl groups is 1. The molecule has 5 N–H and O–H groups in total. The van der Waals surface area contributed by atoms with Crippen molar-refractivity contribution >= 4 is 46.3 Å². The smallest absolute Gasteiger partial charge is 0.235 e. The SMILES string of the molecule is CCCC(=O)Nc1cc(N(C)C)c2c(c1O)C(=O)C1C(=O)[C@@]3(O)C(=O)C(C(N)=O)C(=O)[C@H](N(C)C)[C@H]3C[C@H]1C2. The molecule has 0 saturated heterocycles. The Morgan fingerprint density at radius 2 is 1.77 bits per heavy atom. The zero-order chi connectivity index (χ0) is 29.1. The van der Waals surface area contributed by atoms with Crippen LogP contribution in [0.4, 0.5) is 11.4 Å². The van der Waals surface area contributed by atoms with Gasteiger partial charge in [0.25, 0.3) is 0 Å². The number of nitrogens with two attached hydrogens (primary N) is 1. The molecule has 12 nitrogen and oxygen atoms in total. The molecule has 2 unspecified atom stereocenters. The third-order valence-electron chi connectivity index (χ3n) is 8.27. The van der Waals surface area contributed by atoms with Crippen LogP contribution >= 0.6 is 0 Å². The van der Waals surface area contributed by atoms with Gasteiger partial charge in [0.15, 0.2) is 34.7 Å². The fraction of sp³-hybridized carbons (Fsp3) is 0.556. The van der Waals surface area contributed by atoms with Crippen molar-refractivity contribution in [3.63, 3.8) is 0 Å². The number of benzene rings is 1. The van der Waals surface area contributed by atoms with Crippen molar-refractivity contribution in [2.45, 2.75) is 44.2 Å². The number of phenols is 1. The van der Waals surface area contributed by atoms with Gasteiger partial charge in [-0.05, 0) is 50.9 Å². The molecule has 0 aromatic heterocycles. The first-order valence-corrected chi connectivity index (χ1v) is 12.9. The average molecular weight is 543 g/mol. The number of anilines is 2. The van der Waals surface area contributed by atoms with Crippen LogP contribution in [0, 0.1) is 23.7 Å². The number of phenolic OH excluding ortho intramolecular Hbond substituents is 1. The van der Waals surface area contributed by atoms with E-state index >= 15 is 0 Å². The number of ketones is 4. The van der Waals surface area contributed by atoms with E-state index in [0.29, 0.717) is 17.7 Å². The Balaban J connectivity index is 1.87. The fourth-order valence-electron chi connectivity index (χ4n) is 6.59. The molecule has 12 heteroatoms. The van der Waals surface area contributed by atoms with Crippen molar-refractivity contribution in [2.75, 3.05) is 38.4 Å². The number of fused-ring (bicyclic) bond motifs is 3. The zero-order valence-electron chi connectivity index (χ0n) is 22.6. The van der Waals surface area contributed by atoms with Gasteiger partial charge in [-0.15, -0.1) is 0 Å². The Bertz CT molecular complexity index is 1300. The molecule has 0 radical (unpaired) electrons. The lowest BCUT2D eigenvalue weighted by Crippen LogP contribution is -2.74. The Labute approximate surface area is 225 Å². The van der Waals surface area contributed by atoms with Crippen molar-refractivity contribution in [2.24, 2.45) is 29.4 Å². The highest BCUT2D eigenvalue weighted by molar-refractivity contribution is 6.32. The summed E-state index contributed by atoms with van der Waals surface area (Å²) >= 11 is 0. The second-order valence-electron chi connectivity index (χ2n) is 11.1. The van der Waals surface area contributed by atoms with Crippen molar-refractivity contribution in [3.05, 3.63) is 17.2 Å². The Morgan fingerprint density at radius 3 is 2.31 bits per heavy atom. The topological polar surface area (TPSA) is 187 Å². The number of carbonyl (C=O) groups excluding carboxylic acids is 6. The van der Waals surface area contributed by atoms with Crippen LogP contribution < -0.4 is 16.0 Å². The number of hydrogen-bond acceptors (Lipinski definition) is 10. The Hall–Kier alpha value is -3.64. The monoisotopic (exact) mass is 542 g/mol. The summed E-state index contributed by atoms with van der Waals surface area (Å²) in [4.78, 5) is 82.0. The highest BCUT2D eigenvalue weighted by atomic mass is 16.3. The van der Waals surface area contributed by atoms with Crippen LogP contribution in [0.5, 0.6) is 5.75 Å². The van der Waals surface area contributed by atoms with E-state index in [9.17, 15) is 39.0 Å². The van der Waals surface area contributed by atoms with E-state index in [4.69, 9.17) is 5.73 Å². The normalized spacial score (nSPS) is 30.0. The van der Waals surface area contributed by atoms with Gasteiger partial charge in [-0.3, -0.25) is 33.7 Å². The van der Waals surface area contributed by atoms with Crippen molar-refractivity contribution in [1.82, 2.24) is 4.90 Å². The third-order valence-corrected chi connectivity index (χ3v) is 8.27. The van der Waals surface area contributed by atoms with E-state index in [-0.39, 0.29) is 36.4 Å². The molecule has 210 valence electrons. The van der Waals surface area contributed by atoms with Crippen LogP contribution in [-0.4, -0.2) is 89.9 Å². The van der Waals surface area contributed by atoms with E-state index in [1.165, 1.54) is 19.0 Å². The lowest BCUT2D eigenvalue weighted by Gasteiger charge is -2.52. The maximum Gasteiger partial charge on any atom is 0.235 e. The largest absolute Gasteiger partial charge is 0.505 e. The van der Waals surface area contributed by atoms with Crippen LogP contribution in [0.2, 0.25) is 0 Å². The maximum absolute atomic E-state index is 13.9. The second kappa shape index (κ2) is 9.83. The number of nitrogens with one attached hydrogen (secondary N) is 1. The summed E-state index contributed by atoms with van der Waals surface area (Å²) in [5.74, 6) is -11.6. The summed E-state index contributed by atoms with van der Waals surface area (Å²) in [6, 6.07) is 0.397. The van der Waals surface area contributed by atoms with Gasteiger partial charge in [0.1, 0.15) is 5.75 Å². The molecule has 2 amide bonds. The van der Waals surface area contributed by atoms with E-state index < -0.39 is 70.1 Å². The van der Waals surface area contributed by atoms with Crippen LogP contribution in [0.25, 0.3) is 0 Å². The van der Waals surface area contributed by atoms with Crippen molar-refractivity contribution in [3.8, 4) is 5.75 Å². The first-order valence-electron chi connectivity index (χ1n) is 12.9. The molecule has 2 saturated carbocycles. The van der Waals surface area contributed by atoms with E-state index in [1.54, 1.807) is 25.1 Å². The molecule has 0 heterocycles. The van der Waals surface area contributed by atoms with Gasteiger partial charge in [0, 0.05) is 32.1 Å². The average Bonchev–Trinajstić information content (AvgIpc) is 2.82. The molecule has 3 aliphatic carbocycles. The zero-order valence-corrected chi connectivity index (χ0v) is 22.6. The standard InChI is InChI=1S/C27H34N4O8/c1-6-7-16(32)29-14-10-15(30(2)3)12-8-11-9-13-20(31(4)5)23(35)19(26(28)38)25(37)27(13,39)24(36)17(11)22(34)18(12)21(14)33/h10-11,13,17,19-20,33,39H,6-9H2,1-5H3,(H2,28,38)(H,29,32)/t11-,13-,17?,19?,20-,27-/m1/s1. The van der Waals surface area contributed by atoms with Crippen LogP contribution in [0.1, 0.15) is 42.1 Å². The predicted octanol–water partition coefficient (Wildman–Crippen LogP) is -0.328. The number of aliphatic hydroxyl groups is 1. The number of rotatable bonds is 6. The molecule has 4 rings (SSSR count). The molecule has 0 spiro atoms. The lowest BCUT2D eigenvalue weighted by molar-refractivity contribution is -0.181. The van der Waals surface area contributed by atoms with Crippen LogP contribution in [0.15, 0.2) is 6.07 Å². The number of primary amides is 1. The molecular formula is C27H34N4O8. The van der Waals surface area contributed by atoms with Crippen LogP contribution in [0.3, 0.4) is 0 Å². The third kappa shape index (κ3) is 4.13. The lowest BCUT2D eigenvalue weighted by atomic mass is 9.52. The number of hydrogen-bond donors (Lipinski definition) is 4. The number of Topliss-reactive ketones (excluding diaryl/α,β-unsaturated/α-hetero) is 4. The quantitative estimate of drug-likeness (QED) is 0.274. The molecule has 39 heavy (non-hydrogen) atoms. The van der Waals surface area contributed by atoms with Gasteiger partial charge >= 0.3 is 0 Å². The number of amides is 2. The Morgan fingerprint density at radius 1 is 1.13 bits per heavy atom. The van der Waals surface area contributed by atoms with Gasteiger partial charge in [-0.2, -0.15) is 0 Å². The summed E-state index contributed by atoms with van der Waals surface area (Å²) in [6.45, 7) is 1.82.